The van der Waals surface area contributed by atoms with Crippen LogP contribution in [0.1, 0.15) is 0 Å². The van der Waals surface area contributed by atoms with E-state index in [0.29, 0.717) is 9.79 Å². The van der Waals surface area contributed by atoms with E-state index in [4.69, 9.17) is 0 Å². The van der Waals surface area contributed by atoms with Crippen LogP contribution in [0.15, 0.2) is 168 Å². The number of para-hydroxylation sites is 4. The summed E-state index contributed by atoms with van der Waals surface area (Å²) in [6, 6.07) is 53.7. The fraction of sp³-hybridized carbons (Fsp3) is 0. The SMILES string of the molecule is O=S1(=O)c2ccc(N3c4ccccc4-c4ccccc4-c4ccccc43)cc2-c2cc(-n3c4ccccc4c4ccccc43)ccc21. The minimum Gasteiger partial charge on any atom is -0.309 e. The quantitative estimate of drug-likeness (QED) is 0.193. The van der Waals surface area contributed by atoms with Gasteiger partial charge in [0, 0.05) is 44.4 Å². The van der Waals surface area contributed by atoms with E-state index in [1.165, 1.54) is 21.9 Å². The van der Waals surface area contributed by atoms with Gasteiger partial charge in [0.1, 0.15) is 0 Å². The molecule has 0 aliphatic carbocycles. The molecule has 0 N–H and O–H groups in total. The summed E-state index contributed by atoms with van der Waals surface area (Å²) < 4.78 is 30.2. The van der Waals surface area contributed by atoms with Gasteiger partial charge in [-0.25, -0.2) is 8.42 Å². The predicted molar refractivity (Wildman–Crippen MR) is 191 cm³/mol. The second-order valence-corrected chi connectivity index (χ2v) is 14.0. The maximum atomic E-state index is 14.0. The van der Waals surface area contributed by atoms with Gasteiger partial charge in [-0.1, -0.05) is 97.1 Å². The standard InChI is InChI=1S/C42H26N2O2S/c45-47(46)41-23-21-27(43-37-17-7-3-13-31(37)29-11-1-2-12-30(29)32-14-4-8-18-38(32)43)25-35(41)36-26-28(22-24-42(36)47)44-39-19-9-5-15-33(39)34-16-6-10-20-40(34)44/h1-26H. The minimum absolute atomic E-state index is 0.343. The number of sulfone groups is 1. The van der Waals surface area contributed by atoms with Gasteiger partial charge in [-0.05, 0) is 71.8 Å². The minimum atomic E-state index is -3.68. The lowest BCUT2D eigenvalue weighted by molar-refractivity contribution is 0.598. The topological polar surface area (TPSA) is 42.3 Å². The fourth-order valence-electron chi connectivity index (χ4n) is 7.68. The van der Waals surface area contributed by atoms with E-state index in [9.17, 15) is 8.42 Å². The number of hydrogen-bond donors (Lipinski definition) is 0. The number of fused-ring (bicyclic) bond motifs is 11. The molecule has 222 valence electrons. The first-order valence-corrected chi connectivity index (χ1v) is 17.2. The summed E-state index contributed by atoms with van der Waals surface area (Å²) >= 11 is 0. The van der Waals surface area contributed by atoms with Crippen LogP contribution in [0, 0.1) is 0 Å². The first-order chi connectivity index (χ1) is 23.1. The molecule has 8 aromatic rings. The van der Waals surface area contributed by atoms with Crippen molar-refractivity contribution in [3.63, 3.8) is 0 Å². The van der Waals surface area contributed by atoms with Crippen LogP contribution in [-0.2, 0) is 9.84 Å². The number of rotatable bonds is 2. The van der Waals surface area contributed by atoms with Gasteiger partial charge in [0.05, 0.1) is 32.2 Å². The van der Waals surface area contributed by atoms with Crippen LogP contribution in [0.3, 0.4) is 0 Å². The maximum absolute atomic E-state index is 14.0. The lowest BCUT2D eigenvalue weighted by atomic mass is 9.95. The highest BCUT2D eigenvalue weighted by Gasteiger charge is 2.35. The van der Waals surface area contributed by atoms with Crippen molar-refractivity contribution in [2.75, 3.05) is 4.90 Å². The summed E-state index contributed by atoms with van der Waals surface area (Å²) in [7, 11) is -3.68. The summed E-state index contributed by atoms with van der Waals surface area (Å²) in [5.74, 6) is 0. The molecule has 3 heterocycles. The first kappa shape index (κ1) is 26.3. The third-order valence-corrected chi connectivity index (χ3v) is 11.6. The molecule has 0 unspecified atom stereocenters. The van der Waals surface area contributed by atoms with E-state index < -0.39 is 9.84 Å². The van der Waals surface area contributed by atoms with Crippen molar-refractivity contribution in [3.05, 3.63) is 158 Å². The van der Waals surface area contributed by atoms with Gasteiger partial charge in [0.15, 0.2) is 0 Å². The van der Waals surface area contributed by atoms with Crippen molar-refractivity contribution in [1.82, 2.24) is 4.57 Å². The van der Waals surface area contributed by atoms with E-state index >= 15 is 0 Å². The molecule has 4 nitrogen and oxygen atoms in total. The van der Waals surface area contributed by atoms with Gasteiger partial charge in [-0.15, -0.1) is 0 Å². The molecule has 47 heavy (non-hydrogen) atoms. The van der Waals surface area contributed by atoms with E-state index in [0.717, 1.165) is 56.0 Å². The number of benzene rings is 7. The Balaban J connectivity index is 1.22. The number of aromatic nitrogens is 1. The second kappa shape index (κ2) is 9.55. The third-order valence-electron chi connectivity index (χ3n) is 9.69. The Bertz CT molecular complexity index is 2600. The zero-order valence-electron chi connectivity index (χ0n) is 25.1. The van der Waals surface area contributed by atoms with Gasteiger partial charge >= 0.3 is 0 Å². The van der Waals surface area contributed by atoms with Crippen molar-refractivity contribution in [2.24, 2.45) is 0 Å². The van der Waals surface area contributed by atoms with Crippen LogP contribution < -0.4 is 4.90 Å². The van der Waals surface area contributed by atoms with Gasteiger partial charge in [0.25, 0.3) is 0 Å². The van der Waals surface area contributed by atoms with Crippen molar-refractivity contribution in [1.29, 1.82) is 0 Å². The molecule has 0 spiro atoms. The Hall–Kier alpha value is -5.91. The number of anilines is 3. The third kappa shape index (κ3) is 3.60. The molecule has 0 radical (unpaired) electrons. The Morgan fingerprint density at radius 3 is 1.36 bits per heavy atom. The van der Waals surface area contributed by atoms with Crippen LogP contribution in [0.25, 0.3) is 60.9 Å². The monoisotopic (exact) mass is 622 g/mol. The zero-order chi connectivity index (χ0) is 31.3. The van der Waals surface area contributed by atoms with Crippen molar-refractivity contribution < 1.29 is 8.42 Å². The highest BCUT2D eigenvalue weighted by atomic mass is 32.2. The highest BCUT2D eigenvalue weighted by molar-refractivity contribution is 7.92. The highest BCUT2D eigenvalue weighted by Crippen LogP contribution is 2.52. The maximum Gasteiger partial charge on any atom is 0.207 e. The van der Waals surface area contributed by atoms with Crippen LogP contribution in [0.2, 0.25) is 0 Å². The molecular formula is C42H26N2O2S. The largest absolute Gasteiger partial charge is 0.309 e. The molecule has 0 amide bonds. The van der Waals surface area contributed by atoms with E-state index in [-0.39, 0.29) is 0 Å². The van der Waals surface area contributed by atoms with Gasteiger partial charge in [-0.2, -0.15) is 0 Å². The summed E-state index contributed by atoms with van der Waals surface area (Å²) in [6.45, 7) is 0. The molecule has 7 aromatic carbocycles. The average Bonchev–Trinajstić information content (AvgIpc) is 3.52. The summed E-state index contributed by atoms with van der Waals surface area (Å²) in [5, 5.41) is 2.33. The van der Waals surface area contributed by atoms with Crippen LogP contribution in [0.4, 0.5) is 17.1 Å². The summed E-state index contributed by atoms with van der Waals surface area (Å²) in [5.41, 5.74) is 12.1. The second-order valence-electron chi connectivity index (χ2n) is 12.1. The Kier molecular flexibility index (Phi) is 5.35. The number of nitrogens with zero attached hydrogens (tertiary/aromatic N) is 2. The lowest BCUT2D eigenvalue weighted by Gasteiger charge is -2.27. The van der Waals surface area contributed by atoms with Gasteiger partial charge in [0.2, 0.25) is 9.84 Å². The Morgan fingerprint density at radius 2 is 0.809 bits per heavy atom. The van der Waals surface area contributed by atoms with Crippen molar-refractivity contribution in [3.8, 4) is 39.1 Å². The summed E-state index contributed by atoms with van der Waals surface area (Å²) in [6.07, 6.45) is 0. The van der Waals surface area contributed by atoms with E-state index in [2.05, 4.69) is 125 Å². The molecule has 0 bridgehead atoms. The molecular weight excluding hydrogens is 597 g/mol. The molecule has 2 aliphatic rings. The molecule has 10 rings (SSSR count). The van der Waals surface area contributed by atoms with E-state index in [1.807, 2.05) is 30.3 Å². The van der Waals surface area contributed by atoms with Crippen molar-refractivity contribution in [2.45, 2.75) is 9.79 Å². The van der Waals surface area contributed by atoms with E-state index in [1.54, 1.807) is 12.1 Å². The Labute approximate surface area is 272 Å². The van der Waals surface area contributed by atoms with Crippen LogP contribution >= 0.6 is 0 Å². The fourth-order valence-corrected chi connectivity index (χ4v) is 9.32. The molecule has 5 heteroatoms. The molecule has 1 aromatic heterocycles. The normalized spacial score (nSPS) is 13.8. The smallest absolute Gasteiger partial charge is 0.207 e. The zero-order valence-corrected chi connectivity index (χ0v) is 25.9. The Morgan fingerprint density at radius 1 is 0.383 bits per heavy atom. The average molecular weight is 623 g/mol. The number of hydrogen-bond acceptors (Lipinski definition) is 3. The van der Waals surface area contributed by atoms with Crippen molar-refractivity contribution >= 4 is 48.7 Å². The first-order valence-electron chi connectivity index (χ1n) is 15.7. The van der Waals surface area contributed by atoms with Crippen LogP contribution in [-0.4, -0.2) is 13.0 Å². The lowest BCUT2D eigenvalue weighted by Crippen LogP contribution is -2.11. The molecule has 0 atom stereocenters. The van der Waals surface area contributed by atoms with Gasteiger partial charge < -0.3 is 9.47 Å². The molecule has 0 saturated heterocycles. The predicted octanol–water partition coefficient (Wildman–Crippen LogP) is 10.7. The molecule has 0 saturated carbocycles. The van der Waals surface area contributed by atoms with Gasteiger partial charge in [-0.3, -0.25) is 0 Å². The molecule has 0 fully saturated rings. The summed E-state index contributed by atoms with van der Waals surface area (Å²) in [4.78, 5) is 2.96. The molecule has 2 aliphatic heterocycles. The van der Waals surface area contributed by atoms with Crippen LogP contribution in [0.5, 0.6) is 0 Å².